The summed E-state index contributed by atoms with van der Waals surface area (Å²) in [7, 11) is 0. The molecule has 3 rings (SSSR count). The minimum atomic E-state index is 0.476. The Kier molecular flexibility index (Phi) is 5.03. The molecule has 0 radical (unpaired) electrons. The largest absolute Gasteiger partial charge is 0.311 e. The first kappa shape index (κ1) is 15.5. The Balaban J connectivity index is 1.64. The van der Waals surface area contributed by atoms with Crippen molar-refractivity contribution in [2.75, 3.05) is 19.6 Å². The molecule has 118 valence electrons. The van der Waals surface area contributed by atoms with Gasteiger partial charge in [-0.1, -0.05) is 26.7 Å². The van der Waals surface area contributed by atoms with Crippen LogP contribution in [0, 0.1) is 5.92 Å². The molecule has 1 aromatic heterocycles. The van der Waals surface area contributed by atoms with Gasteiger partial charge in [0, 0.05) is 31.2 Å². The van der Waals surface area contributed by atoms with Gasteiger partial charge in [0.05, 0.1) is 0 Å². The molecule has 1 saturated heterocycles. The lowest BCUT2D eigenvalue weighted by Crippen LogP contribution is -2.64. The van der Waals surface area contributed by atoms with Crippen molar-refractivity contribution < 1.29 is 0 Å². The fraction of sp³-hybridized carbons (Fsp3) is 0.778. The first-order valence-electron chi connectivity index (χ1n) is 8.67. The summed E-state index contributed by atoms with van der Waals surface area (Å²) in [6, 6.07) is 2.98. The molecule has 2 heterocycles. The first-order valence-corrected chi connectivity index (χ1v) is 9.62. The normalized spacial score (nSPS) is 26.0. The summed E-state index contributed by atoms with van der Waals surface area (Å²) in [5.41, 5.74) is 2.00. The van der Waals surface area contributed by atoms with E-state index in [-0.39, 0.29) is 0 Å². The number of piperazine rings is 1. The van der Waals surface area contributed by atoms with Gasteiger partial charge in [-0.15, -0.1) is 0 Å². The van der Waals surface area contributed by atoms with Crippen LogP contribution in [0.5, 0.6) is 0 Å². The molecule has 1 aliphatic heterocycles. The summed E-state index contributed by atoms with van der Waals surface area (Å²) in [5, 5.41) is 8.39. The number of hydrogen-bond donors (Lipinski definition) is 1. The molecule has 1 aromatic rings. The molecule has 2 aliphatic rings. The zero-order chi connectivity index (χ0) is 14.7. The van der Waals surface area contributed by atoms with Crippen molar-refractivity contribution in [1.29, 1.82) is 0 Å². The maximum Gasteiger partial charge on any atom is 0.0334 e. The van der Waals surface area contributed by atoms with E-state index in [2.05, 4.69) is 40.9 Å². The minimum Gasteiger partial charge on any atom is -0.311 e. The van der Waals surface area contributed by atoms with E-state index in [0.29, 0.717) is 11.6 Å². The molecule has 0 amide bonds. The monoisotopic (exact) mass is 306 g/mol. The maximum absolute atomic E-state index is 3.87. The van der Waals surface area contributed by atoms with Crippen LogP contribution in [0.15, 0.2) is 16.8 Å². The molecule has 21 heavy (non-hydrogen) atoms. The third-order valence-electron chi connectivity index (χ3n) is 5.37. The fourth-order valence-corrected chi connectivity index (χ4v) is 4.95. The smallest absolute Gasteiger partial charge is 0.0334 e. The molecule has 3 heteroatoms. The van der Waals surface area contributed by atoms with Crippen LogP contribution in [0.25, 0.3) is 0 Å². The van der Waals surface area contributed by atoms with Gasteiger partial charge in [-0.05, 0) is 54.0 Å². The summed E-state index contributed by atoms with van der Waals surface area (Å²) >= 11 is 1.83. The van der Waals surface area contributed by atoms with Gasteiger partial charge in [0.15, 0.2) is 0 Å². The molecule has 1 spiro atoms. The Hall–Kier alpha value is -0.380. The van der Waals surface area contributed by atoms with E-state index in [9.17, 15) is 0 Å². The zero-order valence-electron chi connectivity index (χ0n) is 13.6. The second-order valence-corrected chi connectivity index (χ2v) is 8.25. The summed E-state index contributed by atoms with van der Waals surface area (Å²) in [5.74, 6) is 0.791. The number of hydrogen-bond acceptors (Lipinski definition) is 3. The standard InChI is InChI=1S/C18H30N2S/c1-15(2)11-17-12-20(9-5-16-6-10-21-13-16)18(14-19-17)7-3-4-8-18/h6,10,13,15,17,19H,3-5,7-9,11-12,14H2,1-2H3. The first-order chi connectivity index (χ1) is 10.2. The van der Waals surface area contributed by atoms with E-state index in [4.69, 9.17) is 0 Å². The topological polar surface area (TPSA) is 15.3 Å². The molecule has 1 atom stereocenters. The van der Waals surface area contributed by atoms with Crippen molar-refractivity contribution in [1.82, 2.24) is 10.2 Å². The van der Waals surface area contributed by atoms with E-state index in [1.165, 1.54) is 63.7 Å². The zero-order valence-corrected chi connectivity index (χ0v) is 14.4. The van der Waals surface area contributed by atoms with Gasteiger partial charge in [-0.25, -0.2) is 0 Å². The Morgan fingerprint density at radius 2 is 2.19 bits per heavy atom. The summed E-state index contributed by atoms with van der Waals surface area (Å²) < 4.78 is 0. The molecule has 1 saturated carbocycles. The summed E-state index contributed by atoms with van der Waals surface area (Å²) in [4.78, 5) is 2.85. The van der Waals surface area contributed by atoms with Gasteiger partial charge >= 0.3 is 0 Å². The van der Waals surface area contributed by atoms with Crippen molar-refractivity contribution in [2.24, 2.45) is 5.92 Å². The predicted octanol–water partition coefficient (Wildman–Crippen LogP) is 3.92. The highest BCUT2D eigenvalue weighted by Gasteiger charge is 2.43. The van der Waals surface area contributed by atoms with E-state index in [0.717, 1.165) is 5.92 Å². The van der Waals surface area contributed by atoms with Crippen LogP contribution >= 0.6 is 11.3 Å². The van der Waals surface area contributed by atoms with Crippen LogP contribution in [0.3, 0.4) is 0 Å². The molecule has 2 fully saturated rings. The molecular weight excluding hydrogens is 276 g/mol. The van der Waals surface area contributed by atoms with Crippen LogP contribution in [0.4, 0.5) is 0 Å². The lowest BCUT2D eigenvalue weighted by Gasteiger charge is -2.49. The van der Waals surface area contributed by atoms with Gasteiger partial charge < -0.3 is 5.32 Å². The Bertz CT molecular complexity index is 420. The number of nitrogens with zero attached hydrogens (tertiary/aromatic N) is 1. The summed E-state index contributed by atoms with van der Waals surface area (Å²) in [6.07, 6.45) is 8.18. The van der Waals surface area contributed by atoms with Crippen LogP contribution in [0.1, 0.15) is 51.5 Å². The number of rotatable bonds is 5. The molecule has 2 nitrogen and oxygen atoms in total. The molecule has 1 N–H and O–H groups in total. The SMILES string of the molecule is CC(C)CC1CN(CCc2ccsc2)C2(CCCC2)CN1. The van der Waals surface area contributed by atoms with E-state index in [1.54, 1.807) is 0 Å². The lowest BCUT2D eigenvalue weighted by molar-refractivity contribution is 0.0396. The van der Waals surface area contributed by atoms with Crippen molar-refractivity contribution >= 4 is 11.3 Å². The Morgan fingerprint density at radius 1 is 1.38 bits per heavy atom. The quantitative estimate of drug-likeness (QED) is 0.887. The van der Waals surface area contributed by atoms with Crippen molar-refractivity contribution in [2.45, 2.75) is 64.0 Å². The average Bonchev–Trinajstić information content (AvgIpc) is 3.11. The number of nitrogens with one attached hydrogen (secondary N) is 1. The fourth-order valence-electron chi connectivity index (χ4n) is 4.25. The molecular formula is C18H30N2S. The van der Waals surface area contributed by atoms with Crippen LogP contribution in [-0.2, 0) is 6.42 Å². The summed E-state index contributed by atoms with van der Waals surface area (Å²) in [6.45, 7) is 8.40. The molecule has 1 unspecified atom stereocenters. The highest BCUT2D eigenvalue weighted by Crippen LogP contribution is 2.37. The van der Waals surface area contributed by atoms with Gasteiger partial charge in [0.25, 0.3) is 0 Å². The predicted molar refractivity (Wildman–Crippen MR) is 92.0 cm³/mol. The third-order valence-corrected chi connectivity index (χ3v) is 6.10. The molecule has 1 aliphatic carbocycles. The second kappa shape index (κ2) is 6.80. The van der Waals surface area contributed by atoms with Gasteiger partial charge in [0.2, 0.25) is 0 Å². The van der Waals surface area contributed by atoms with E-state index >= 15 is 0 Å². The van der Waals surface area contributed by atoms with Gasteiger partial charge in [-0.3, -0.25) is 4.90 Å². The minimum absolute atomic E-state index is 0.476. The highest BCUT2D eigenvalue weighted by atomic mass is 32.1. The second-order valence-electron chi connectivity index (χ2n) is 7.47. The van der Waals surface area contributed by atoms with Crippen LogP contribution in [-0.4, -0.2) is 36.1 Å². The number of thiophene rings is 1. The lowest BCUT2D eigenvalue weighted by atomic mass is 9.88. The highest BCUT2D eigenvalue weighted by molar-refractivity contribution is 7.07. The molecule has 0 aromatic carbocycles. The Morgan fingerprint density at radius 3 is 2.86 bits per heavy atom. The van der Waals surface area contributed by atoms with E-state index < -0.39 is 0 Å². The van der Waals surface area contributed by atoms with Crippen molar-refractivity contribution in [3.8, 4) is 0 Å². The van der Waals surface area contributed by atoms with Crippen molar-refractivity contribution in [3.05, 3.63) is 22.4 Å². The third kappa shape index (κ3) is 3.69. The van der Waals surface area contributed by atoms with E-state index in [1.807, 2.05) is 11.3 Å². The van der Waals surface area contributed by atoms with Crippen LogP contribution in [0.2, 0.25) is 0 Å². The van der Waals surface area contributed by atoms with Gasteiger partial charge in [0.1, 0.15) is 0 Å². The average molecular weight is 307 g/mol. The van der Waals surface area contributed by atoms with Crippen molar-refractivity contribution in [3.63, 3.8) is 0 Å². The molecule has 0 bridgehead atoms. The van der Waals surface area contributed by atoms with Crippen LogP contribution < -0.4 is 5.32 Å². The maximum atomic E-state index is 3.87. The Labute approximate surface area is 133 Å². The van der Waals surface area contributed by atoms with Gasteiger partial charge in [-0.2, -0.15) is 11.3 Å².